The number of piperidine rings is 1. The molecule has 1 aliphatic rings. The van der Waals surface area contributed by atoms with Crippen LogP contribution in [0.3, 0.4) is 0 Å². The Morgan fingerprint density at radius 2 is 2.17 bits per heavy atom. The first kappa shape index (κ1) is 15.8. The third-order valence-electron chi connectivity index (χ3n) is 4.05. The summed E-state index contributed by atoms with van der Waals surface area (Å²) < 4.78 is 1.41. The molecule has 0 saturated carbocycles. The summed E-state index contributed by atoms with van der Waals surface area (Å²) in [6, 6.07) is 3.69. The number of aromatic nitrogens is 4. The molecule has 8 heteroatoms. The molecule has 23 heavy (non-hydrogen) atoms. The molecule has 0 bridgehead atoms. The highest BCUT2D eigenvalue weighted by atomic mass is 32.2. The summed E-state index contributed by atoms with van der Waals surface area (Å²) in [7, 11) is 0. The number of carbonyl (C=O) groups excluding carboxylic acids is 1. The van der Waals surface area contributed by atoms with Crippen LogP contribution in [0.15, 0.2) is 29.7 Å². The van der Waals surface area contributed by atoms with Crippen LogP contribution in [0.1, 0.15) is 19.8 Å². The summed E-state index contributed by atoms with van der Waals surface area (Å²) in [5, 5.41) is 8.69. The Kier molecular flexibility index (Phi) is 4.80. The second-order valence-corrected chi connectivity index (χ2v) is 6.71. The minimum absolute atomic E-state index is 0.132. The zero-order valence-corrected chi connectivity index (χ0v) is 13.9. The van der Waals surface area contributed by atoms with Crippen LogP contribution in [0, 0.1) is 5.92 Å². The minimum atomic E-state index is 0.132. The van der Waals surface area contributed by atoms with Crippen LogP contribution in [-0.2, 0) is 4.79 Å². The molecule has 3 rings (SSSR count). The van der Waals surface area contributed by atoms with Gasteiger partial charge in [0.05, 0.1) is 5.75 Å². The van der Waals surface area contributed by atoms with Crippen molar-refractivity contribution in [1.29, 1.82) is 0 Å². The molecule has 1 amide bonds. The molecule has 3 heterocycles. The van der Waals surface area contributed by atoms with Gasteiger partial charge in [0, 0.05) is 31.0 Å². The number of likely N-dealkylation sites (tertiary alicyclic amines) is 1. The number of hydrogen-bond acceptors (Lipinski definition) is 6. The van der Waals surface area contributed by atoms with E-state index in [1.807, 2.05) is 17.0 Å². The van der Waals surface area contributed by atoms with Crippen molar-refractivity contribution in [3.05, 3.63) is 24.5 Å². The fraction of sp³-hybridized carbons (Fsp3) is 0.467. The highest BCUT2D eigenvalue weighted by Gasteiger charge is 2.21. The maximum absolute atomic E-state index is 12.3. The Morgan fingerprint density at radius 3 is 2.87 bits per heavy atom. The fourth-order valence-corrected chi connectivity index (χ4v) is 3.30. The number of nitrogens with zero attached hydrogens (tertiary/aromatic N) is 5. The smallest absolute Gasteiger partial charge is 0.233 e. The minimum Gasteiger partial charge on any atom is -0.342 e. The number of thioether (sulfide) groups is 1. The van der Waals surface area contributed by atoms with Crippen molar-refractivity contribution < 1.29 is 4.79 Å². The van der Waals surface area contributed by atoms with Crippen LogP contribution in [-0.4, -0.2) is 49.5 Å². The van der Waals surface area contributed by atoms with Crippen molar-refractivity contribution in [1.82, 2.24) is 24.8 Å². The van der Waals surface area contributed by atoms with Crippen molar-refractivity contribution in [3.8, 4) is 11.4 Å². The fourth-order valence-electron chi connectivity index (χ4n) is 2.54. The zero-order chi connectivity index (χ0) is 16.2. The first-order valence-electron chi connectivity index (χ1n) is 7.66. The van der Waals surface area contributed by atoms with Gasteiger partial charge in [0.1, 0.15) is 0 Å². The second-order valence-electron chi connectivity index (χ2n) is 5.77. The van der Waals surface area contributed by atoms with Crippen LogP contribution in [0.2, 0.25) is 0 Å². The molecular formula is C15H20N6OS. The van der Waals surface area contributed by atoms with Crippen LogP contribution in [0.4, 0.5) is 0 Å². The van der Waals surface area contributed by atoms with Gasteiger partial charge in [-0.2, -0.15) is 0 Å². The number of nitrogen functional groups attached to an aromatic ring is 1. The lowest BCUT2D eigenvalue weighted by atomic mass is 9.99. The highest BCUT2D eigenvalue weighted by molar-refractivity contribution is 7.99. The molecule has 0 aliphatic carbocycles. The van der Waals surface area contributed by atoms with Gasteiger partial charge in [-0.3, -0.25) is 9.78 Å². The molecule has 2 N–H and O–H groups in total. The summed E-state index contributed by atoms with van der Waals surface area (Å²) >= 11 is 1.32. The SMILES string of the molecule is CC1CCN(C(=O)CSc2nnc(-c3cccnc3)n2N)CC1. The quantitative estimate of drug-likeness (QED) is 0.672. The predicted molar refractivity (Wildman–Crippen MR) is 89.1 cm³/mol. The average molecular weight is 332 g/mol. The summed E-state index contributed by atoms with van der Waals surface area (Å²) in [6.45, 7) is 3.92. The third kappa shape index (κ3) is 3.64. The number of pyridine rings is 1. The van der Waals surface area contributed by atoms with Crippen molar-refractivity contribution >= 4 is 17.7 Å². The number of hydrogen-bond donors (Lipinski definition) is 1. The summed E-state index contributed by atoms with van der Waals surface area (Å²) in [4.78, 5) is 18.2. The van der Waals surface area contributed by atoms with Gasteiger partial charge < -0.3 is 10.7 Å². The third-order valence-corrected chi connectivity index (χ3v) is 4.97. The molecule has 0 atom stereocenters. The molecule has 1 fully saturated rings. The molecular weight excluding hydrogens is 312 g/mol. The molecule has 2 aromatic rings. The average Bonchev–Trinajstić information content (AvgIpc) is 2.95. The molecule has 0 aromatic carbocycles. The van der Waals surface area contributed by atoms with Gasteiger partial charge in [-0.15, -0.1) is 10.2 Å². The first-order chi connectivity index (χ1) is 11.1. The Morgan fingerprint density at radius 1 is 1.39 bits per heavy atom. The predicted octanol–water partition coefficient (Wildman–Crippen LogP) is 1.40. The second kappa shape index (κ2) is 6.99. The van der Waals surface area contributed by atoms with E-state index < -0.39 is 0 Å². The maximum Gasteiger partial charge on any atom is 0.233 e. The van der Waals surface area contributed by atoms with Gasteiger partial charge in [-0.05, 0) is 30.9 Å². The van der Waals surface area contributed by atoms with Gasteiger partial charge in [0.2, 0.25) is 11.1 Å². The molecule has 1 aliphatic heterocycles. The molecule has 0 radical (unpaired) electrons. The van der Waals surface area contributed by atoms with Crippen LogP contribution < -0.4 is 5.84 Å². The Bertz CT molecular complexity index is 666. The van der Waals surface area contributed by atoms with Gasteiger partial charge in [0.15, 0.2) is 5.82 Å². The standard InChI is InChI=1S/C15H20N6OS/c1-11-4-7-20(8-5-11)13(22)10-23-15-19-18-14(21(15)16)12-3-2-6-17-9-12/h2-3,6,9,11H,4-5,7-8,10,16H2,1H3. The van der Waals surface area contributed by atoms with E-state index in [4.69, 9.17) is 5.84 Å². The van der Waals surface area contributed by atoms with Gasteiger partial charge in [-0.25, -0.2) is 4.68 Å². The number of nitrogens with two attached hydrogens (primary N) is 1. The largest absolute Gasteiger partial charge is 0.342 e. The monoisotopic (exact) mass is 332 g/mol. The van der Waals surface area contributed by atoms with Crippen molar-refractivity contribution in [2.24, 2.45) is 5.92 Å². The van der Waals surface area contributed by atoms with Crippen molar-refractivity contribution in [2.75, 3.05) is 24.7 Å². The summed E-state index contributed by atoms with van der Waals surface area (Å²) in [6.07, 6.45) is 5.53. The lowest BCUT2D eigenvalue weighted by molar-refractivity contribution is -0.129. The van der Waals surface area contributed by atoms with E-state index in [2.05, 4.69) is 22.1 Å². The Hall–Kier alpha value is -2.09. The molecule has 122 valence electrons. The number of amides is 1. The van der Waals surface area contributed by atoms with E-state index in [-0.39, 0.29) is 5.91 Å². The topological polar surface area (TPSA) is 89.9 Å². The van der Waals surface area contributed by atoms with E-state index in [0.717, 1.165) is 31.5 Å². The number of rotatable bonds is 4. The maximum atomic E-state index is 12.3. The van der Waals surface area contributed by atoms with Crippen molar-refractivity contribution in [3.63, 3.8) is 0 Å². The van der Waals surface area contributed by atoms with E-state index in [9.17, 15) is 4.79 Å². The molecule has 0 spiro atoms. The van der Waals surface area contributed by atoms with E-state index >= 15 is 0 Å². The molecule has 1 saturated heterocycles. The Labute approximate surface area is 139 Å². The van der Waals surface area contributed by atoms with Crippen LogP contribution in [0.25, 0.3) is 11.4 Å². The van der Waals surface area contributed by atoms with E-state index in [0.29, 0.717) is 22.7 Å². The van der Waals surface area contributed by atoms with E-state index in [1.165, 1.54) is 16.4 Å². The first-order valence-corrected chi connectivity index (χ1v) is 8.65. The van der Waals surface area contributed by atoms with Gasteiger partial charge >= 0.3 is 0 Å². The van der Waals surface area contributed by atoms with Crippen LogP contribution >= 0.6 is 11.8 Å². The zero-order valence-electron chi connectivity index (χ0n) is 13.1. The molecule has 2 aromatic heterocycles. The summed E-state index contributed by atoms with van der Waals surface area (Å²) in [5.41, 5.74) is 0.797. The number of carbonyl (C=O) groups is 1. The summed E-state index contributed by atoms with van der Waals surface area (Å²) in [5.74, 6) is 7.75. The van der Waals surface area contributed by atoms with Gasteiger partial charge in [-0.1, -0.05) is 18.7 Å². The van der Waals surface area contributed by atoms with Gasteiger partial charge in [0.25, 0.3) is 0 Å². The van der Waals surface area contributed by atoms with E-state index in [1.54, 1.807) is 12.4 Å². The molecule has 7 nitrogen and oxygen atoms in total. The highest BCUT2D eigenvalue weighted by Crippen LogP contribution is 2.22. The molecule has 0 unspecified atom stereocenters. The van der Waals surface area contributed by atoms with Crippen molar-refractivity contribution in [2.45, 2.75) is 24.9 Å². The lowest BCUT2D eigenvalue weighted by Gasteiger charge is -2.30. The van der Waals surface area contributed by atoms with Crippen LogP contribution in [0.5, 0.6) is 0 Å². The lowest BCUT2D eigenvalue weighted by Crippen LogP contribution is -2.39. The normalized spacial score (nSPS) is 15.8. The Balaban J connectivity index is 1.61.